The molecule has 146 valence electrons. The number of hydrogen-bond acceptors (Lipinski definition) is 8. The van der Waals surface area contributed by atoms with Crippen molar-refractivity contribution >= 4 is 44.4 Å². The van der Waals surface area contributed by atoms with Gasteiger partial charge in [0.15, 0.2) is 15.4 Å². The van der Waals surface area contributed by atoms with Crippen LogP contribution in [0, 0.1) is 0 Å². The van der Waals surface area contributed by atoms with Gasteiger partial charge in [-0.25, -0.2) is 18.2 Å². The summed E-state index contributed by atoms with van der Waals surface area (Å²) < 4.78 is 30.5. The maximum atomic E-state index is 12.2. The molecule has 9 nitrogen and oxygen atoms in total. The first-order valence-corrected chi connectivity index (χ1v) is 11.4. The van der Waals surface area contributed by atoms with E-state index in [9.17, 15) is 18.3 Å². The number of hydrogen-bond donors (Lipinski definition) is 1. The lowest BCUT2D eigenvalue weighted by atomic mass is 9.88. The third-order valence-corrected chi connectivity index (χ3v) is 7.18. The minimum absolute atomic E-state index is 0.0981. The molecule has 3 aliphatic rings. The van der Waals surface area contributed by atoms with Crippen molar-refractivity contribution in [1.29, 1.82) is 0 Å². The number of benzene rings is 1. The minimum atomic E-state index is -3.50. The van der Waals surface area contributed by atoms with Crippen LogP contribution in [0.3, 0.4) is 0 Å². The van der Waals surface area contributed by atoms with Gasteiger partial charge in [0.2, 0.25) is 0 Å². The summed E-state index contributed by atoms with van der Waals surface area (Å²) in [6.07, 6.45) is 2.72. The van der Waals surface area contributed by atoms with Gasteiger partial charge >= 0.3 is 6.09 Å². The molecule has 0 saturated carbocycles. The molecule has 3 aromatic rings. The van der Waals surface area contributed by atoms with Gasteiger partial charge in [-0.2, -0.15) is 4.98 Å². The fraction of sp³-hybridized carbons (Fsp3) is 0.353. The fourth-order valence-electron chi connectivity index (χ4n) is 4.01. The molecule has 0 spiro atoms. The summed E-state index contributed by atoms with van der Waals surface area (Å²) in [7, 11) is -3.50. The molecule has 1 aromatic carbocycles. The number of carbonyl (C=O) groups is 1. The predicted octanol–water partition coefficient (Wildman–Crippen LogP) is 2.30. The molecule has 3 fully saturated rings. The van der Waals surface area contributed by atoms with Crippen LogP contribution in [0.25, 0.3) is 21.7 Å². The highest BCUT2D eigenvalue weighted by molar-refractivity contribution is 7.91. The summed E-state index contributed by atoms with van der Waals surface area (Å²) >= 11 is 1.43. The van der Waals surface area contributed by atoms with Crippen LogP contribution < -0.4 is 4.90 Å². The van der Waals surface area contributed by atoms with Gasteiger partial charge < -0.3 is 14.4 Å². The Kier molecular flexibility index (Phi) is 3.68. The van der Waals surface area contributed by atoms with Gasteiger partial charge in [-0.3, -0.25) is 4.90 Å². The number of oxazole rings is 1. The lowest BCUT2D eigenvalue weighted by Gasteiger charge is -2.54. The summed E-state index contributed by atoms with van der Waals surface area (Å²) in [4.78, 5) is 23.5. The molecule has 3 saturated heterocycles. The van der Waals surface area contributed by atoms with Crippen molar-refractivity contribution in [3.63, 3.8) is 0 Å². The Hall–Kier alpha value is -2.66. The third-order valence-electron chi connectivity index (χ3n) is 5.24. The average molecular weight is 420 g/mol. The van der Waals surface area contributed by atoms with Crippen LogP contribution >= 0.6 is 11.3 Å². The van der Waals surface area contributed by atoms with E-state index in [-0.39, 0.29) is 22.5 Å². The van der Waals surface area contributed by atoms with Crippen molar-refractivity contribution in [3.05, 3.63) is 23.7 Å². The number of amides is 1. The van der Waals surface area contributed by atoms with Gasteiger partial charge in [-0.15, -0.1) is 11.3 Å². The van der Waals surface area contributed by atoms with Crippen molar-refractivity contribution in [1.82, 2.24) is 14.9 Å². The van der Waals surface area contributed by atoms with Gasteiger partial charge in [0, 0.05) is 30.9 Å². The number of fused-ring (bicyclic) bond motifs is 3. The Bertz CT molecular complexity index is 1180. The number of thiazole rings is 1. The van der Waals surface area contributed by atoms with Crippen LogP contribution in [-0.4, -0.2) is 65.9 Å². The van der Waals surface area contributed by atoms with E-state index < -0.39 is 15.9 Å². The molecule has 0 aliphatic carbocycles. The van der Waals surface area contributed by atoms with E-state index in [1.165, 1.54) is 22.3 Å². The quantitative estimate of drug-likeness (QED) is 0.686. The van der Waals surface area contributed by atoms with Gasteiger partial charge in [-0.05, 0) is 18.6 Å². The SMILES string of the molecule is CS(=O)(=O)c1ccc(-c2nccs2)c2oc(N3CC4CC(C3)N4C(=O)O)nc12. The van der Waals surface area contributed by atoms with Crippen LogP contribution in [0.2, 0.25) is 0 Å². The highest BCUT2D eigenvalue weighted by Gasteiger charge is 2.48. The Labute approximate surface area is 164 Å². The number of aromatic nitrogens is 2. The minimum Gasteiger partial charge on any atom is -0.465 e. The monoisotopic (exact) mass is 420 g/mol. The van der Waals surface area contributed by atoms with E-state index in [1.54, 1.807) is 12.3 Å². The van der Waals surface area contributed by atoms with Crippen LogP contribution in [-0.2, 0) is 9.84 Å². The second-order valence-corrected chi connectivity index (χ2v) is 9.91. The summed E-state index contributed by atoms with van der Waals surface area (Å²) in [6, 6.07) is 3.33. The number of piperidine rings is 1. The largest absolute Gasteiger partial charge is 0.465 e. The number of sulfone groups is 1. The molecule has 5 heterocycles. The second-order valence-electron chi connectivity index (χ2n) is 7.03. The van der Waals surface area contributed by atoms with Crippen LogP contribution in [0.4, 0.5) is 10.8 Å². The topological polar surface area (TPSA) is 117 Å². The smallest absolute Gasteiger partial charge is 0.407 e. The van der Waals surface area contributed by atoms with E-state index in [4.69, 9.17) is 4.42 Å². The van der Waals surface area contributed by atoms with Crippen molar-refractivity contribution in [2.24, 2.45) is 0 Å². The molecular weight excluding hydrogens is 404 g/mol. The van der Waals surface area contributed by atoms with Crippen molar-refractivity contribution in [2.75, 3.05) is 24.2 Å². The van der Waals surface area contributed by atoms with Crippen molar-refractivity contribution in [2.45, 2.75) is 23.4 Å². The Morgan fingerprint density at radius 2 is 2.07 bits per heavy atom. The molecule has 1 N–H and O–H groups in total. The standard InChI is InChI=1S/C17H16N4O5S2/c1-28(24,25)12-3-2-11(15-18-4-5-27-15)14-13(12)19-16(26-14)20-7-9-6-10(8-20)21(9)17(22)23/h2-5,9-10H,6-8H2,1H3,(H,22,23). The Balaban J connectivity index is 1.60. The fourth-order valence-corrected chi connectivity index (χ4v) is 5.47. The molecule has 0 radical (unpaired) electrons. The predicted molar refractivity (Wildman–Crippen MR) is 102 cm³/mol. The summed E-state index contributed by atoms with van der Waals surface area (Å²) in [5, 5.41) is 11.8. The molecular formula is C17H16N4O5S2. The van der Waals surface area contributed by atoms with Gasteiger partial charge in [0.1, 0.15) is 10.5 Å². The molecule has 6 rings (SSSR count). The Morgan fingerprint density at radius 1 is 1.32 bits per heavy atom. The van der Waals surface area contributed by atoms with E-state index in [0.717, 1.165) is 12.7 Å². The zero-order valence-corrected chi connectivity index (χ0v) is 16.4. The Morgan fingerprint density at radius 3 is 2.68 bits per heavy atom. The molecule has 3 aliphatic heterocycles. The normalized spacial score (nSPS) is 21.8. The maximum Gasteiger partial charge on any atom is 0.407 e. The lowest BCUT2D eigenvalue weighted by Crippen LogP contribution is -2.70. The van der Waals surface area contributed by atoms with Crippen LogP contribution in [0.1, 0.15) is 6.42 Å². The molecule has 2 bridgehead atoms. The number of carboxylic acid groups (broad SMARTS) is 1. The second kappa shape index (κ2) is 5.92. The zero-order chi connectivity index (χ0) is 19.6. The number of piperazine rings is 1. The highest BCUT2D eigenvalue weighted by atomic mass is 32.2. The van der Waals surface area contributed by atoms with Gasteiger partial charge in [0.05, 0.1) is 22.5 Å². The van der Waals surface area contributed by atoms with E-state index in [0.29, 0.717) is 35.3 Å². The van der Waals surface area contributed by atoms with Crippen LogP contribution in [0.5, 0.6) is 0 Å². The molecule has 28 heavy (non-hydrogen) atoms. The molecule has 11 heteroatoms. The molecule has 2 aromatic heterocycles. The van der Waals surface area contributed by atoms with E-state index >= 15 is 0 Å². The van der Waals surface area contributed by atoms with Crippen LogP contribution in [0.15, 0.2) is 33.0 Å². The summed E-state index contributed by atoms with van der Waals surface area (Å²) in [5.41, 5.74) is 1.34. The summed E-state index contributed by atoms with van der Waals surface area (Å²) in [6.45, 7) is 0.937. The first-order chi connectivity index (χ1) is 13.3. The number of anilines is 1. The third kappa shape index (κ3) is 2.57. The number of nitrogens with zero attached hydrogens (tertiary/aromatic N) is 4. The highest BCUT2D eigenvalue weighted by Crippen LogP contribution is 2.39. The maximum absolute atomic E-state index is 12.2. The van der Waals surface area contributed by atoms with E-state index in [1.807, 2.05) is 10.3 Å². The molecule has 1 amide bonds. The first kappa shape index (κ1) is 17.4. The average Bonchev–Trinajstić information content (AvgIpc) is 3.29. The lowest BCUT2D eigenvalue weighted by molar-refractivity contribution is 0.0101. The van der Waals surface area contributed by atoms with E-state index in [2.05, 4.69) is 9.97 Å². The molecule has 2 unspecified atom stereocenters. The zero-order valence-electron chi connectivity index (χ0n) is 14.8. The number of rotatable bonds is 3. The van der Waals surface area contributed by atoms with Crippen molar-refractivity contribution < 1.29 is 22.7 Å². The van der Waals surface area contributed by atoms with Crippen molar-refractivity contribution in [3.8, 4) is 10.6 Å². The summed E-state index contributed by atoms with van der Waals surface area (Å²) in [5.74, 6) is 0. The molecule has 2 atom stereocenters. The first-order valence-electron chi connectivity index (χ1n) is 8.62. The van der Waals surface area contributed by atoms with Gasteiger partial charge in [0.25, 0.3) is 6.01 Å². The van der Waals surface area contributed by atoms with Gasteiger partial charge in [-0.1, -0.05) is 0 Å².